The van der Waals surface area contributed by atoms with E-state index in [0.29, 0.717) is 13.1 Å². The monoisotopic (exact) mass is 372 g/mol. The third-order valence-electron chi connectivity index (χ3n) is 2.54. The van der Waals surface area contributed by atoms with Gasteiger partial charge >= 0.3 is 0 Å². The van der Waals surface area contributed by atoms with E-state index in [9.17, 15) is 4.79 Å². The number of hydrogen-bond donors (Lipinski definition) is 2. The molecule has 0 spiro atoms. The summed E-state index contributed by atoms with van der Waals surface area (Å²) in [6.07, 6.45) is 0. The zero-order valence-electron chi connectivity index (χ0n) is 9.65. The molecule has 0 fully saturated rings. The Bertz CT molecular complexity index is 536. The van der Waals surface area contributed by atoms with Crippen molar-refractivity contribution in [1.82, 2.24) is 5.32 Å². The van der Waals surface area contributed by atoms with Crippen LogP contribution in [-0.2, 0) is 13.1 Å². The van der Waals surface area contributed by atoms with Crippen molar-refractivity contribution in [2.45, 2.75) is 13.1 Å². The fraction of sp³-hybridized carbons (Fsp3) is 0.154. The fourth-order valence-corrected chi connectivity index (χ4v) is 2.83. The van der Waals surface area contributed by atoms with Crippen LogP contribution in [0, 0.1) is 2.88 Å². The van der Waals surface area contributed by atoms with E-state index in [2.05, 4.69) is 27.9 Å². The molecule has 0 saturated carbocycles. The van der Waals surface area contributed by atoms with E-state index in [4.69, 9.17) is 5.73 Å². The SMILES string of the molecule is NCc1ccc(CNC(=O)c2csc(I)c2)cc1. The van der Waals surface area contributed by atoms with Crippen molar-refractivity contribution in [3.63, 3.8) is 0 Å². The van der Waals surface area contributed by atoms with E-state index in [0.717, 1.165) is 19.6 Å². The van der Waals surface area contributed by atoms with Gasteiger partial charge in [-0.05, 0) is 39.8 Å². The van der Waals surface area contributed by atoms with Gasteiger partial charge in [-0.1, -0.05) is 24.3 Å². The first-order valence-electron chi connectivity index (χ1n) is 5.49. The van der Waals surface area contributed by atoms with Crippen LogP contribution in [-0.4, -0.2) is 5.91 Å². The molecule has 2 rings (SSSR count). The molecule has 0 bridgehead atoms. The molecule has 5 heteroatoms. The lowest BCUT2D eigenvalue weighted by atomic mass is 10.1. The number of rotatable bonds is 4. The van der Waals surface area contributed by atoms with Crippen molar-refractivity contribution in [3.05, 3.63) is 55.3 Å². The summed E-state index contributed by atoms with van der Waals surface area (Å²) in [6.45, 7) is 1.08. The van der Waals surface area contributed by atoms with Crippen LogP contribution in [0.2, 0.25) is 0 Å². The Kier molecular flexibility index (Phi) is 4.73. The molecule has 3 N–H and O–H groups in total. The summed E-state index contributed by atoms with van der Waals surface area (Å²) >= 11 is 3.78. The average molecular weight is 372 g/mol. The van der Waals surface area contributed by atoms with Crippen LogP contribution < -0.4 is 11.1 Å². The lowest BCUT2D eigenvalue weighted by Crippen LogP contribution is -2.22. The second kappa shape index (κ2) is 6.31. The quantitative estimate of drug-likeness (QED) is 0.811. The van der Waals surface area contributed by atoms with E-state index in [-0.39, 0.29) is 5.91 Å². The molecular weight excluding hydrogens is 359 g/mol. The third kappa shape index (κ3) is 3.54. The number of nitrogens with one attached hydrogen (secondary N) is 1. The van der Waals surface area contributed by atoms with Gasteiger partial charge in [-0.15, -0.1) is 11.3 Å². The van der Waals surface area contributed by atoms with E-state index >= 15 is 0 Å². The smallest absolute Gasteiger partial charge is 0.252 e. The first kappa shape index (κ1) is 13.5. The summed E-state index contributed by atoms with van der Waals surface area (Å²) in [5.41, 5.74) is 8.43. The normalized spacial score (nSPS) is 10.3. The minimum absolute atomic E-state index is 0.0305. The van der Waals surface area contributed by atoms with E-state index in [1.165, 1.54) is 0 Å². The van der Waals surface area contributed by atoms with E-state index in [1.807, 2.05) is 35.7 Å². The topological polar surface area (TPSA) is 55.1 Å². The maximum Gasteiger partial charge on any atom is 0.252 e. The number of amides is 1. The van der Waals surface area contributed by atoms with Crippen molar-refractivity contribution in [2.24, 2.45) is 5.73 Å². The summed E-state index contributed by atoms with van der Waals surface area (Å²) in [6, 6.07) is 9.82. The summed E-state index contributed by atoms with van der Waals surface area (Å²) < 4.78 is 1.12. The molecule has 0 aliphatic carbocycles. The highest BCUT2D eigenvalue weighted by atomic mass is 127. The van der Waals surface area contributed by atoms with Crippen LogP contribution in [0.15, 0.2) is 35.7 Å². The van der Waals surface area contributed by atoms with E-state index < -0.39 is 0 Å². The summed E-state index contributed by atoms with van der Waals surface area (Å²) in [5.74, 6) is -0.0305. The van der Waals surface area contributed by atoms with Gasteiger partial charge in [-0.25, -0.2) is 0 Å². The van der Waals surface area contributed by atoms with Gasteiger partial charge in [-0.3, -0.25) is 4.79 Å². The lowest BCUT2D eigenvalue weighted by Gasteiger charge is -2.05. The van der Waals surface area contributed by atoms with Crippen LogP contribution in [0.5, 0.6) is 0 Å². The van der Waals surface area contributed by atoms with Gasteiger partial charge in [-0.2, -0.15) is 0 Å². The first-order chi connectivity index (χ1) is 8.69. The molecule has 2 aromatic rings. The van der Waals surface area contributed by atoms with E-state index in [1.54, 1.807) is 11.3 Å². The molecule has 0 radical (unpaired) electrons. The molecule has 0 saturated heterocycles. The Morgan fingerprint density at radius 3 is 2.50 bits per heavy atom. The maximum atomic E-state index is 11.8. The van der Waals surface area contributed by atoms with Crippen LogP contribution in [0.25, 0.3) is 0 Å². The number of hydrogen-bond acceptors (Lipinski definition) is 3. The Morgan fingerprint density at radius 2 is 1.94 bits per heavy atom. The molecule has 94 valence electrons. The number of carbonyl (C=O) groups excluding carboxylic acids is 1. The summed E-state index contributed by atoms with van der Waals surface area (Å²) in [5, 5.41) is 4.77. The van der Waals surface area contributed by atoms with Crippen molar-refractivity contribution < 1.29 is 4.79 Å². The third-order valence-corrected chi connectivity index (χ3v) is 4.33. The number of halogens is 1. The predicted octanol–water partition coefficient (Wildman–Crippen LogP) is 2.74. The minimum atomic E-state index is -0.0305. The lowest BCUT2D eigenvalue weighted by molar-refractivity contribution is 0.0951. The highest BCUT2D eigenvalue weighted by Gasteiger charge is 2.07. The standard InChI is InChI=1S/C13H13IN2OS/c14-12-5-11(8-18-12)13(17)16-7-10-3-1-9(6-15)2-4-10/h1-5,8H,6-7,15H2,(H,16,17). The molecule has 0 atom stereocenters. The maximum absolute atomic E-state index is 11.8. The van der Waals surface area contributed by atoms with Gasteiger partial charge in [0.25, 0.3) is 5.91 Å². The predicted molar refractivity (Wildman–Crippen MR) is 82.5 cm³/mol. The van der Waals surface area contributed by atoms with Gasteiger partial charge in [0.1, 0.15) is 0 Å². The largest absolute Gasteiger partial charge is 0.348 e. The Balaban J connectivity index is 1.92. The Morgan fingerprint density at radius 1 is 1.28 bits per heavy atom. The zero-order valence-corrected chi connectivity index (χ0v) is 12.6. The van der Waals surface area contributed by atoms with Gasteiger partial charge in [0.05, 0.1) is 8.45 Å². The summed E-state index contributed by atoms with van der Waals surface area (Å²) in [4.78, 5) is 11.8. The second-order valence-electron chi connectivity index (χ2n) is 3.84. The van der Waals surface area contributed by atoms with Gasteiger partial charge in [0.2, 0.25) is 0 Å². The highest BCUT2D eigenvalue weighted by molar-refractivity contribution is 14.1. The number of nitrogens with two attached hydrogens (primary N) is 1. The molecule has 0 aliphatic rings. The van der Waals surface area contributed by atoms with Crippen LogP contribution in [0.4, 0.5) is 0 Å². The van der Waals surface area contributed by atoms with Gasteiger partial charge in [0, 0.05) is 18.5 Å². The molecule has 1 aromatic heterocycles. The number of carbonyl (C=O) groups is 1. The second-order valence-corrected chi connectivity index (χ2v) is 6.65. The molecule has 3 nitrogen and oxygen atoms in total. The Labute approximate surface area is 124 Å². The number of benzene rings is 1. The molecule has 0 aliphatic heterocycles. The molecule has 1 heterocycles. The molecule has 1 aromatic carbocycles. The fourth-order valence-electron chi connectivity index (χ4n) is 1.51. The van der Waals surface area contributed by atoms with Gasteiger partial charge in [0.15, 0.2) is 0 Å². The molecule has 0 unspecified atom stereocenters. The number of thiophene rings is 1. The first-order valence-corrected chi connectivity index (χ1v) is 7.45. The van der Waals surface area contributed by atoms with Crippen molar-refractivity contribution in [1.29, 1.82) is 0 Å². The van der Waals surface area contributed by atoms with Crippen LogP contribution in [0.3, 0.4) is 0 Å². The zero-order chi connectivity index (χ0) is 13.0. The highest BCUT2D eigenvalue weighted by Crippen LogP contribution is 2.16. The average Bonchev–Trinajstić information content (AvgIpc) is 2.83. The van der Waals surface area contributed by atoms with Crippen LogP contribution >= 0.6 is 33.9 Å². The minimum Gasteiger partial charge on any atom is -0.348 e. The molecular formula is C13H13IN2OS. The van der Waals surface area contributed by atoms with Gasteiger partial charge < -0.3 is 11.1 Å². The van der Waals surface area contributed by atoms with Crippen LogP contribution in [0.1, 0.15) is 21.5 Å². The van der Waals surface area contributed by atoms with Crippen molar-refractivity contribution in [2.75, 3.05) is 0 Å². The molecule has 18 heavy (non-hydrogen) atoms. The summed E-state index contributed by atoms with van der Waals surface area (Å²) in [7, 11) is 0. The molecule has 1 amide bonds. The van der Waals surface area contributed by atoms with Crippen molar-refractivity contribution >= 4 is 39.8 Å². The Hall–Kier alpha value is -0.920. The van der Waals surface area contributed by atoms with Crippen molar-refractivity contribution in [3.8, 4) is 0 Å².